The van der Waals surface area contributed by atoms with Gasteiger partial charge in [0.15, 0.2) is 0 Å². The van der Waals surface area contributed by atoms with Crippen LogP contribution in [-0.2, 0) is 0 Å². The minimum absolute atomic E-state index is 0.905. The molecule has 0 saturated carbocycles. The molecule has 0 heterocycles. The van der Waals surface area contributed by atoms with Gasteiger partial charge in [0.25, 0.3) is 0 Å². The van der Waals surface area contributed by atoms with Gasteiger partial charge in [-0.25, -0.2) is 0 Å². The largest absolute Gasteiger partial charge is 0.389 e. The smallest absolute Gasteiger partial charge is 0.215 e. The van der Waals surface area contributed by atoms with E-state index in [0.717, 1.165) is 0 Å². The first-order valence-electron chi connectivity index (χ1n) is 1.69. The van der Waals surface area contributed by atoms with Gasteiger partial charge in [-0.05, 0) is 6.92 Å². The van der Waals surface area contributed by atoms with Crippen LogP contribution in [0.4, 0.5) is 0 Å². The molecular weight excluding hydrogens is 158 g/mol. The molecule has 0 aromatic rings. The maximum atomic E-state index is 8.49. The summed E-state index contributed by atoms with van der Waals surface area (Å²) in [6.07, 6.45) is -0.905. The Hall–Kier alpha value is 0.830. The van der Waals surface area contributed by atoms with Gasteiger partial charge in [-0.15, -0.1) is 0 Å². The molecule has 1 unspecified atom stereocenters. The standard InChI is InChI=1S/C3H5Cl3O/c1-2(7)3(4,5)6/h2,7H,1H3. The van der Waals surface area contributed by atoms with E-state index >= 15 is 0 Å². The summed E-state index contributed by atoms with van der Waals surface area (Å²) in [5, 5.41) is 8.49. The molecule has 0 aromatic carbocycles. The molecule has 0 spiro atoms. The zero-order valence-corrected chi connectivity index (χ0v) is 5.93. The Labute approximate surface area is 57.2 Å². The second kappa shape index (κ2) is 2.40. The first kappa shape index (κ1) is 7.83. The van der Waals surface area contributed by atoms with E-state index < -0.39 is 9.90 Å². The van der Waals surface area contributed by atoms with E-state index in [1.807, 2.05) is 0 Å². The lowest BCUT2D eigenvalue weighted by Crippen LogP contribution is -2.20. The van der Waals surface area contributed by atoms with E-state index in [0.29, 0.717) is 0 Å². The molecule has 0 bridgehead atoms. The molecule has 0 aliphatic rings. The average Bonchev–Trinajstić information content (AvgIpc) is 1.31. The highest BCUT2D eigenvalue weighted by Crippen LogP contribution is 2.29. The molecule has 0 amide bonds. The van der Waals surface area contributed by atoms with Crippen molar-refractivity contribution in [3.63, 3.8) is 0 Å². The van der Waals surface area contributed by atoms with E-state index in [4.69, 9.17) is 39.9 Å². The molecule has 0 saturated heterocycles. The van der Waals surface area contributed by atoms with Gasteiger partial charge in [-0.2, -0.15) is 0 Å². The van der Waals surface area contributed by atoms with Crippen molar-refractivity contribution in [2.75, 3.05) is 0 Å². The second-order valence-electron chi connectivity index (χ2n) is 1.22. The van der Waals surface area contributed by atoms with Gasteiger partial charge in [0.2, 0.25) is 3.79 Å². The Morgan fingerprint density at radius 2 is 1.57 bits per heavy atom. The molecule has 0 aliphatic heterocycles. The molecule has 4 heteroatoms. The third kappa shape index (κ3) is 3.42. The lowest BCUT2D eigenvalue weighted by Gasteiger charge is -2.12. The Kier molecular flexibility index (Phi) is 2.69. The molecule has 1 nitrogen and oxygen atoms in total. The highest BCUT2D eigenvalue weighted by Gasteiger charge is 2.25. The lowest BCUT2D eigenvalue weighted by atomic mass is 10.5. The molecule has 0 aliphatic carbocycles. The van der Waals surface area contributed by atoms with Crippen LogP contribution in [0, 0.1) is 0 Å². The Morgan fingerprint density at radius 1 is 1.43 bits per heavy atom. The van der Waals surface area contributed by atoms with Crippen molar-refractivity contribution in [1.82, 2.24) is 0 Å². The molecule has 0 radical (unpaired) electrons. The summed E-state index contributed by atoms with van der Waals surface area (Å²) >= 11 is 15.4. The highest BCUT2D eigenvalue weighted by atomic mass is 35.6. The van der Waals surface area contributed by atoms with E-state index in [2.05, 4.69) is 0 Å². The zero-order chi connectivity index (χ0) is 6.08. The molecule has 0 aromatic heterocycles. The first-order chi connectivity index (χ1) is 2.94. The minimum Gasteiger partial charge on any atom is -0.389 e. The van der Waals surface area contributed by atoms with Gasteiger partial charge in [-0.3, -0.25) is 0 Å². The lowest BCUT2D eigenvalue weighted by molar-refractivity contribution is 0.199. The fraction of sp³-hybridized carbons (Fsp3) is 1.00. The van der Waals surface area contributed by atoms with Crippen LogP contribution >= 0.6 is 34.8 Å². The van der Waals surface area contributed by atoms with Crippen LogP contribution in [0.1, 0.15) is 6.92 Å². The molecule has 0 fully saturated rings. The summed E-state index contributed by atoms with van der Waals surface area (Å²) in [6.45, 7) is 1.41. The monoisotopic (exact) mass is 162 g/mol. The Morgan fingerprint density at radius 3 is 1.57 bits per heavy atom. The van der Waals surface area contributed by atoms with Gasteiger partial charge in [0.1, 0.15) is 0 Å². The van der Waals surface area contributed by atoms with Crippen molar-refractivity contribution in [3.8, 4) is 0 Å². The van der Waals surface area contributed by atoms with E-state index in [-0.39, 0.29) is 0 Å². The number of halogens is 3. The highest BCUT2D eigenvalue weighted by molar-refractivity contribution is 6.68. The number of rotatable bonds is 0. The van der Waals surface area contributed by atoms with Gasteiger partial charge < -0.3 is 5.11 Å². The maximum Gasteiger partial charge on any atom is 0.215 e. The average molecular weight is 163 g/mol. The van der Waals surface area contributed by atoms with Crippen LogP contribution in [0.3, 0.4) is 0 Å². The van der Waals surface area contributed by atoms with Crippen molar-refractivity contribution in [2.45, 2.75) is 16.8 Å². The number of hydrogen-bond donors (Lipinski definition) is 1. The zero-order valence-electron chi connectivity index (χ0n) is 3.66. The quantitative estimate of drug-likeness (QED) is 0.539. The maximum absolute atomic E-state index is 8.49. The van der Waals surface area contributed by atoms with Crippen molar-refractivity contribution in [3.05, 3.63) is 0 Å². The molecule has 0 rings (SSSR count). The Balaban J connectivity index is 3.54. The van der Waals surface area contributed by atoms with Gasteiger partial charge in [0.05, 0.1) is 6.10 Å². The van der Waals surface area contributed by atoms with Crippen LogP contribution < -0.4 is 0 Å². The van der Waals surface area contributed by atoms with E-state index in [1.54, 1.807) is 0 Å². The summed E-state index contributed by atoms with van der Waals surface area (Å²) in [7, 11) is 0. The van der Waals surface area contributed by atoms with E-state index in [9.17, 15) is 0 Å². The topological polar surface area (TPSA) is 20.2 Å². The number of hydrogen-bond acceptors (Lipinski definition) is 1. The third-order valence-corrected chi connectivity index (χ3v) is 1.42. The van der Waals surface area contributed by atoms with Crippen LogP contribution in [0.25, 0.3) is 0 Å². The summed E-state index contributed by atoms with van der Waals surface area (Å²) < 4.78 is -1.53. The minimum atomic E-state index is -1.53. The number of aliphatic hydroxyl groups is 1. The van der Waals surface area contributed by atoms with Crippen molar-refractivity contribution < 1.29 is 5.11 Å². The van der Waals surface area contributed by atoms with Crippen LogP contribution in [0.15, 0.2) is 0 Å². The van der Waals surface area contributed by atoms with Crippen molar-refractivity contribution in [2.24, 2.45) is 0 Å². The van der Waals surface area contributed by atoms with E-state index in [1.165, 1.54) is 6.92 Å². The third-order valence-electron chi connectivity index (χ3n) is 0.474. The summed E-state index contributed by atoms with van der Waals surface area (Å²) in [5.74, 6) is 0. The summed E-state index contributed by atoms with van der Waals surface area (Å²) in [6, 6.07) is 0. The molecule has 44 valence electrons. The van der Waals surface area contributed by atoms with Crippen LogP contribution in [0.5, 0.6) is 0 Å². The normalized spacial score (nSPS) is 16.7. The van der Waals surface area contributed by atoms with Crippen LogP contribution in [-0.4, -0.2) is 15.0 Å². The van der Waals surface area contributed by atoms with Crippen LogP contribution in [0.2, 0.25) is 0 Å². The second-order valence-corrected chi connectivity index (χ2v) is 3.59. The predicted molar refractivity (Wildman–Crippen MR) is 32.0 cm³/mol. The first-order valence-corrected chi connectivity index (χ1v) is 2.83. The molecule has 1 N–H and O–H groups in total. The molecular formula is C3H5Cl3O. The molecule has 1 atom stereocenters. The fourth-order valence-corrected chi connectivity index (χ4v) is 0. The van der Waals surface area contributed by atoms with Gasteiger partial charge >= 0.3 is 0 Å². The SMILES string of the molecule is CC(O)C(Cl)(Cl)Cl. The number of alkyl halides is 3. The van der Waals surface area contributed by atoms with Crippen molar-refractivity contribution in [1.29, 1.82) is 0 Å². The summed E-state index contributed by atoms with van der Waals surface area (Å²) in [4.78, 5) is 0. The predicted octanol–water partition coefficient (Wildman–Crippen LogP) is 1.74. The van der Waals surface area contributed by atoms with Gasteiger partial charge in [0, 0.05) is 0 Å². The molecule has 7 heavy (non-hydrogen) atoms. The summed E-state index contributed by atoms with van der Waals surface area (Å²) in [5.41, 5.74) is 0. The Bertz CT molecular complexity index is 55.7. The van der Waals surface area contributed by atoms with Crippen molar-refractivity contribution >= 4 is 34.8 Å². The number of aliphatic hydroxyl groups excluding tert-OH is 1. The fourth-order valence-electron chi connectivity index (χ4n) is 0. The van der Waals surface area contributed by atoms with Gasteiger partial charge in [-0.1, -0.05) is 34.8 Å².